The molecule has 0 aliphatic carbocycles. The maximum atomic E-state index is 5.59. The van der Waals surface area contributed by atoms with E-state index in [4.69, 9.17) is 5.73 Å². The Bertz CT molecular complexity index is 472. The highest BCUT2D eigenvalue weighted by molar-refractivity contribution is 5.85. The third-order valence-corrected chi connectivity index (χ3v) is 2.49. The Balaban J connectivity index is 0.00000128. The van der Waals surface area contributed by atoms with Gasteiger partial charge in [0.25, 0.3) is 0 Å². The highest BCUT2D eigenvalue weighted by Crippen LogP contribution is 2.22. The van der Waals surface area contributed by atoms with Crippen molar-refractivity contribution in [3.05, 3.63) is 53.9 Å². The summed E-state index contributed by atoms with van der Waals surface area (Å²) < 4.78 is 0. The fourth-order valence-corrected chi connectivity index (χ4v) is 1.64. The molecule has 2 nitrogen and oxygen atoms in total. The van der Waals surface area contributed by atoms with Crippen molar-refractivity contribution in [2.24, 2.45) is 5.73 Å². The molecule has 0 unspecified atom stereocenters. The van der Waals surface area contributed by atoms with Gasteiger partial charge in [-0.2, -0.15) is 0 Å². The Morgan fingerprint density at radius 3 is 2.47 bits per heavy atom. The molecule has 0 radical (unpaired) electrons. The third-order valence-electron chi connectivity index (χ3n) is 2.49. The number of aryl methyl sites for hydroxylation is 1. The molecule has 1 aromatic carbocycles. The second kappa shape index (κ2) is 7.28. The second-order valence-electron chi connectivity index (χ2n) is 3.60. The van der Waals surface area contributed by atoms with E-state index in [2.05, 4.69) is 30.1 Å². The molecule has 17 heavy (non-hydrogen) atoms. The molecule has 0 aliphatic rings. The molecule has 0 amide bonds. The fourth-order valence-electron chi connectivity index (χ4n) is 1.64. The smallest absolute Gasteiger partial charge is 0.0346 e. The van der Waals surface area contributed by atoms with Crippen LogP contribution in [0.1, 0.15) is 11.1 Å². The summed E-state index contributed by atoms with van der Waals surface area (Å²) in [6.45, 7) is 2.64. The zero-order valence-corrected chi connectivity index (χ0v) is 11.2. The van der Waals surface area contributed by atoms with Gasteiger partial charge in [-0.05, 0) is 29.7 Å². The first-order chi connectivity index (χ1) is 7.31. The van der Waals surface area contributed by atoms with Crippen LogP contribution in [0.3, 0.4) is 0 Å². The molecule has 0 saturated heterocycles. The average molecular weight is 271 g/mol. The molecule has 4 heteroatoms. The second-order valence-corrected chi connectivity index (χ2v) is 3.60. The minimum absolute atomic E-state index is 0. The summed E-state index contributed by atoms with van der Waals surface area (Å²) in [5.74, 6) is 0. The normalized spacial score (nSPS) is 9.06. The van der Waals surface area contributed by atoms with E-state index in [1.165, 1.54) is 11.1 Å². The van der Waals surface area contributed by atoms with Crippen LogP contribution in [-0.2, 0) is 6.54 Å². The Kier molecular flexibility index (Phi) is 6.81. The summed E-state index contributed by atoms with van der Waals surface area (Å²) in [5, 5.41) is 0. The van der Waals surface area contributed by atoms with E-state index in [0.717, 1.165) is 11.1 Å². The number of aromatic nitrogens is 1. The molecule has 0 aliphatic heterocycles. The van der Waals surface area contributed by atoms with Crippen LogP contribution in [0.25, 0.3) is 11.1 Å². The number of rotatable bonds is 2. The van der Waals surface area contributed by atoms with Gasteiger partial charge >= 0.3 is 0 Å². The molecule has 2 N–H and O–H groups in total. The maximum absolute atomic E-state index is 5.59. The lowest BCUT2D eigenvalue weighted by Crippen LogP contribution is -1.97. The SMILES string of the molecule is Cc1ccccc1-c1cncc(CN)c1.Cl.Cl. The molecule has 2 rings (SSSR count). The predicted molar refractivity (Wildman–Crippen MR) is 76.8 cm³/mol. The number of halogens is 2. The van der Waals surface area contributed by atoms with Crippen molar-refractivity contribution >= 4 is 24.8 Å². The van der Waals surface area contributed by atoms with Crippen molar-refractivity contribution in [1.29, 1.82) is 0 Å². The molecule has 1 heterocycles. The van der Waals surface area contributed by atoms with Gasteiger partial charge in [0.2, 0.25) is 0 Å². The van der Waals surface area contributed by atoms with E-state index in [0.29, 0.717) is 6.54 Å². The van der Waals surface area contributed by atoms with Crippen LogP contribution in [0, 0.1) is 6.92 Å². The third kappa shape index (κ3) is 3.70. The van der Waals surface area contributed by atoms with Crippen LogP contribution in [0.15, 0.2) is 42.7 Å². The molecule has 0 atom stereocenters. The lowest BCUT2D eigenvalue weighted by molar-refractivity contribution is 1.05. The molecule has 0 bridgehead atoms. The predicted octanol–water partition coefficient (Wildman–Crippen LogP) is 3.36. The first-order valence-electron chi connectivity index (χ1n) is 5.01. The van der Waals surface area contributed by atoms with Gasteiger partial charge in [-0.3, -0.25) is 4.98 Å². The summed E-state index contributed by atoms with van der Waals surface area (Å²) in [7, 11) is 0. The average Bonchev–Trinajstić information content (AvgIpc) is 2.30. The van der Waals surface area contributed by atoms with Crippen LogP contribution in [-0.4, -0.2) is 4.98 Å². The molecule has 2 aromatic rings. The van der Waals surface area contributed by atoms with Gasteiger partial charge in [0, 0.05) is 24.5 Å². The monoisotopic (exact) mass is 270 g/mol. The van der Waals surface area contributed by atoms with Gasteiger partial charge in [-0.1, -0.05) is 24.3 Å². The van der Waals surface area contributed by atoms with E-state index >= 15 is 0 Å². The molecule has 0 saturated carbocycles. The first kappa shape index (κ1) is 15.9. The summed E-state index contributed by atoms with van der Waals surface area (Å²) in [4.78, 5) is 4.19. The quantitative estimate of drug-likeness (QED) is 0.909. The van der Waals surface area contributed by atoms with Crippen molar-refractivity contribution in [2.75, 3.05) is 0 Å². The summed E-state index contributed by atoms with van der Waals surface area (Å²) in [5.41, 5.74) is 10.3. The zero-order valence-electron chi connectivity index (χ0n) is 9.59. The fraction of sp³-hybridized carbons (Fsp3) is 0.154. The number of pyridine rings is 1. The summed E-state index contributed by atoms with van der Waals surface area (Å²) >= 11 is 0. The molecule has 92 valence electrons. The highest BCUT2D eigenvalue weighted by atomic mass is 35.5. The van der Waals surface area contributed by atoms with Gasteiger partial charge in [0.05, 0.1) is 0 Å². The van der Waals surface area contributed by atoms with Crippen LogP contribution in [0.2, 0.25) is 0 Å². The van der Waals surface area contributed by atoms with E-state index in [-0.39, 0.29) is 24.8 Å². The zero-order chi connectivity index (χ0) is 10.7. The number of nitrogens with zero attached hydrogens (tertiary/aromatic N) is 1. The standard InChI is InChI=1S/C13H14N2.2ClH/c1-10-4-2-3-5-13(10)12-6-11(7-14)8-15-9-12;;/h2-6,8-9H,7,14H2,1H3;2*1H. The van der Waals surface area contributed by atoms with Gasteiger partial charge in [-0.15, -0.1) is 24.8 Å². The number of benzene rings is 1. The number of hydrogen-bond donors (Lipinski definition) is 1. The van der Waals surface area contributed by atoms with Gasteiger partial charge in [0.1, 0.15) is 0 Å². The van der Waals surface area contributed by atoms with Crippen LogP contribution in [0.4, 0.5) is 0 Å². The number of nitrogens with two attached hydrogens (primary N) is 1. The molecule has 0 spiro atoms. The maximum Gasteiger partial charge on any atom is 0.0346 e. The molecular formula is C13H16Cl2N2. The lowest BCUT2D eigenvalue weighted by Gasteiger charge is -2.06. The topological polar surface area (TPSA) is 38.9 Å². The van der Waals surface area contributed by atoms with Crippen LogP contribution in [0.5, 0.6) is 0 Å². The van der Waals surface area contributed by atoms with Crippen molar-refractivity contribution in [2.45, 2.75) is 13.5 Å². The van der Waals surface area contributed by atoms with E-state index in [9.17, 15) is 0 Å². The Labute approximate surface area is 114 Å². The van der Waals surface area contributed by atoms with Gasteiger partial charge in [-0.25, -0.2) is 0 Å². The van der Waals surface area contributed by atoms with E-state index in [1.807, 2.05) is 24.5 Å². The van der Waals surface area contributed by atoms with Gasteiger partial charge < -0.3 is 5.73 Å². The highest BCUT2D eigenvalue weighted by Gasteiger charge is 2.01. The Morgan fingerprint density at radius 2 is 1.82 bits per heavy atom. The molecule has 1 aromatic heterocycles. The Morgan fingerprint density at radius 1 is 1.12 bits per heavy atom. The summed E-state index contributed by atoms with van der Waals surface area (Å²) in [6, 6.07) is 10.4. The summed E-state index contributed by atoms with van der Waals surface area (Å²) in [6.07, 6.45) is 3.68. The Hall–Kier alpha value is -1.09. The van der Waals surface area contributed by atoms with Crippen LogP contribution >= 0.6 is 24.8 Å². The molecular weight excluding hydrogens is 255 g/mol. The van der Waals surface area contributed by atoms with Crippen molar-refractivity contribution in [3.8, 4) is 11.1 Å². The van der Waals surface area contributed by atoms with Crippen LogP contribution < -0.4 is 5.73 Å². The first-order valence-corrected chi connectivity index (χ1v) is 5.01. The van der Waals surface area contributed by atoms with Crippen molar-refractivity contribution in [3.63, 3.8) is 0 Å². The minimum Gasteiger partial charge on any atom is -0.326 e. The minimum atomic E-state index is 0. The van der Waals surface area contributed by atoms with Crippen molar-refractivity contribution < 1.29 is 0 Å². The van der Waals surface area contributed by atoms with E-state index in [1.54, 1.807) is 0 Å². The van der Waals surface area contributed by atoms with Crippen molar-refractivity contribution in [1.82, 2.24) is 4.98 Å². The number of hydrogen-bond acceptors (Lipinski definition) is 2. The lowest BCUT2D eigenvalue weighted by atomic mass is 10.0. The molecule has 0 fully saturated rings. The van der Waals surface area contributed by atoms with E-state index < -0.39 is 0 Å². The van der Waals surface area contributed by atoms with Gasteiger partial charge in [0.15, 0.2) is 0 Å². The largest absolute Gasteiger partial charge is 0.326 e.